The molecule has 0 aliphatic carbocycles. The van der Waals surface area contributed by atoms with Crippen LogP contribution in [0.2, 0.25) is 0 Å². The molecular weight excluding hydrogens is 391 g/mol. The van der Waals surface area contributed by atoms with Crippen molar-refractivity contribution in [3.63, 3.8) is 0 Å². The number of nitrogens with one attached hydrogen (secondary N) is 2. The zero-order valence-corrected chi connectivity index (χ0v) is 16.0. The molecule has 0 spiro atoms. The van der Waals surface area contributed by atoms with Gasteiger partial charge >= 0.3 is 5.97 Å². The summed E-state index contributed by atoms with van der Waals surface area (Å²) >= 11 is 0. The third-order valence-electron chi connectivity index (χ3n) is 3.48. The van der Waals surface area contributed by atoms with E-state index in [2.05, 4.69) is 0 Å². The quantitative estimate of drug-likeness (QED) is 0.507. The maximum Gasteiger partial charge on any atom is 0.338 e. The van der Waals surface area contributed by atoms with Gasteiger partial charge in [0, 0.05) is 0 Å². The number of esters is 1. The average Bonchev–Trinajstić information content (AvgIpc) is 2.68. The molecule has 2 rings (SSSR count). The molecule has 1 amide bonds. The van der Waals surface area contributed by atoms with Crippen molar-refractivity contribution in [3.8, 4) is 5.75 Å². The van der Waals surface area contributed by atoms with Crippen LogP contribution in [-0.2, 0) is 19.6 Å². The summed E-state index contributed by atoms with van der Waals surface area (Å²) in [4.78, 5) is 25.4. The highest BCUT2D eigenvalue weighted by atomic mass is 32.2. The fraction of sp³-hybridized carbons (Fsp3) is 0.222. The van der Waals surface area contributed by atoms with E-state index in [-0.39, 0.29) is 22.8 Å². The molecule has 0 aliphatic heterocycles. The van der Waals surface area contributed by atoms with E-state index in [1.807, 2.05) is 10.3 Å². The fourth-order valence-corrected chi connectivity index (χ4v) is 2.88. The highest BCUT2D eigenvalue weighted by Gasteiger charge is 2.20. The van der Waals surface area contributed by atoms with E-state index in [9.17, 15) is 22.4 Å². The average molecular weight is 410 g/mol. The first-order valence-corrected chi connectivity index (χ1v) is 9.72. The molecule has 0 aromatic heterocycles. The SMILES string of the molecule is CCOC(=O)c1ccc(S(=O)(=O)NNC(=O)[C@@H](C)Oc2ccc(F)cc2)cc1. The molecule has 0 aliphatic rings. The summed E-state index contributed by atoms with van der Waals surface area (Å²) in [6.07, 6.45) is -1.04. The van der Waals surface area contributed by atoms with Crippen molar-refractivity contribution in [2.75, 3.05) is 6.61 Å². The van der Waals surface area contributed by atoms with Crippen LogP contribution in [0.1, 0.15) is 24.2 Å². The van der Waals surface area contributed by atoms with Crippen molar-refractivity contribution < 1.29 is 31.9 Å². The Morgan fingerprint density at radius 3 is 2.25 bits per heavy atom. The lowest BCUT2D eigenvalue weighted by molar-refractivity contribution is -0.127. The number of benzene rings is 2. The smallest absolute Gasteiger partial charge is 0.338 e. The first-order chi connectivity index (χ1) is 13.2. The minimum atomic E-state index is -4.06. The normalized spacial score (nSPS) is 12.1. The highest BCUT2D eigenvalue weighted by molar-refractivity contribution is 7.89. The Bertz CT molecular complexity index is 930. The molecule has 1 atom stereocenters. The lowest BCUT2D eigenvalue weighted by Gasteiger charge is -2.15. The van der Waals surface area contributed by atoms with Crippen LogP contribution in [0.4, 0.5) is 4.39 Å². The van der Waals surface area contributed by atoms with Crippen molar-refractivity contribution >= 4 is 21.9 Å². The Balaban J connectivity index is 1.95. The Morgan fingerprint density at radius 1 is 1.07 bits per heavy atom. The summed E-state index contributed by atoms with van der Waals surface area (Å²) in [5.41, 5.74) is 2.24. The van der Waals surface area contributed by atoms with Gasteiger partial charge in [0.05, 0.1) is 17.1 Å². The number of amides is 1. The first kappa shape index (κ1) is 21.3. The van der Waals surface area contributed by atoms with Gasteiger partial charge in [-0.05, 0) is 62.4 Å². The predicted octanol–water partition coefficient (Wildman–Crippen LogP) is 1.78. The van der Waals surface area contributed by atoms with E-state index in [0.717, 1.165) is 0 Å². The van der Waals surface area contributed by atoms with E-state index in [1.54, 1.807) is 6.92 Å². The molecule has 0 unspecified atom stereocenters. The number of hydrogen-bond acceptors (Lipinski definition) is 6. The first-order valence-electron chi connectivity index (χ1n) is 8.24. The summed E-state index contributed by atoms with van der Waals surface area (Å²) in [6.45, 7) is 3.26. The van der Waals surface area contributed by atoms with Crippen LogP contribution < -0.4 is 15.0 Å². The van der Waals surface area contributed by atoms with Crippen molar-refractivity contribution in [1.82, 2.24) is 10.3 Å². The molecule has 0 radical (unpaired) electrons. The Hall–Kier alpha value is -2.98. The van der Waals surface area contributed by atoms with E-state index >= 15 is 0 Å². The number of carbonyl (C=O) groups excluding carboxylic acids is 2. The number of rotatable bonds is 8. The molecule has 2 aromatic rings. The summed E-state index contributed by atoms with van der Waals surface area (Å²) < 4.78 is 47.5. The Kier molecular flexibility index (Phi) is 7.07. The molecule has 0 saturated heterocycles. The number of hydrogen-bond donors (Lipinski definition) is 2. The predicted molar refractivity (Wildman–Crippen MR) is 97.4 cm³/mol. The second-order valence-electron chi connectivity index (χ2n) is 5.55. The number of sulfonamides is 1. The zero-order valence-electron chi connectivity index (χ0n) is 15.1. The topological polar surface area (TPSA) is 111 Å². The zero-order chi connectivity index (χ0) is 20.7. The maximum absolute atomic E-state index is 12.9. The van der Waals surface area contributed by atoms with E-state index in [4.69, 9.17) is 9.47 Å². The maximum atomic E-state index is 12.9. The molecule has 2 aromatic carbocycles. The van der Waals surface area contributed by atoms with Crippen molar-refractivity contribution in [2.45, 2.75) is 24.8 Å². The lowest BCUT2D eigenvalue weighted by atomic mass is 10.2. The molecule has 150 valence electrons. The van der Waals surface area contributed by atoms with Crippen LogP contribution in [0, 0.1) is 5.82 Å². The molecule has 0 heterocycles. The Labute approximate surface area is 161 Å². The van der Waals surface area contributed by atoms with Gasteiger partial charge in [-0.25, -0.2) is 17.6 Å². The summed E-state index contributed by atoms with van der Waals surface area (Å²) in [5, 5.41) is 0. The number of ether oxygens (including phenoxy) is 2. The van der Waals surface area contributed by atoms with Crippen molar-refractivity contribution in [2.24, 2.45) is 0 Å². The minimum absolute atomic E-state index is 0.159. The molecule has 0 saturated carbocycles. The van der Waals surface area contributed by atoms with Crippen LogP contribution >= 0.6 is 0 Å². The van der Waals surface area contributed by atoms with Gasteiger partial charge in [-0.2, -0.15) is 0 Å². The molecule has 2 N–H and O–H groups in total. The monoisotopic (exact) mass is 410 g/mol. The van der Waals surface area contributed by atoms with Gasteiger partial charge in [0.1, 0.15) is 11.6 Å². The minimum Gasteiger partial charge on any atom is -0.481 e. The van der Waals surface area contributed by atoms with Gasteiger partial charge in [0.2, 0.25) is 0 Å². The van der Waals surface area contributed by atoms with Crippen LogP contribution in [0.25, 0.3) is 0 Å². The van der Waals surface area contributed by atoms with Gasteiger partial charge < -0.3 is 9.47 Å². The second-order valence-corrected chi connectivity index (χ2v) is 7.24. The van der Waals surface area contributed by atoms with Crippen molar-refractivity contribution in [1.29, 1.82) is 0 Å². The highest BCUT2D eigenvalue weighted by Crippen LogP contribution is 2.13. The third-order valence-corrected chi connectivity index (χ3v) is 4.74. The van der Waals surface area contributed by atoms with E-state index < -0.39 is 33.8 Å². The van der Waals surface area contributed by atoms with Gasteiger partial charge in [-0.15, -0.1) is 4.83 Å². The van der Waals surface area contributed by atoms with Gasteiger partial charge in [0.15, 0.2) is 6.10 Å². The third kappa shape index (κ3) is 5.76. The molecule has 0 fully saturated rings. The number of hydrazine groups is 1. The van der Waals surface area contributed by atoms with Gasteiger partial charge in [-0.1, -0.05) is 0 Å². The van der Waals surface area contributed by atoms with E-state index in [1.165, 1.54) is 55.5 Å². The lowest BCUT2D eigenvalue weighted by Crippen LogP contribution is -2.47. The molecular formula is C18H19FN2O6S. The molecule has 10 heteroatoms. The van der Waals surface area contributed by atoms with Crippen molar-refractivity contribution in [3.05, 3.63) is 59.9 Å². The summed E-state index contributed by atoms with van der Waals surface area (Å²) in [5.74, 6) is -1.52. The van der Waals surface area contributed by atoms with Crippen LogP contribution in [-0.4, -0.2) is 33.0 Å². The molecule has 28 heavy (non-hydrogen) atoms. The van der Waals surface area contributed by atoms with E-state index in [0.29, 0.717) is 0 Å². The Morgan fingerprint density at radius 2 is 1.68 bits per heavy atom. The van der Waals surface area contributed by atoms with Gasteiger partial charge in [-0.3, -0.25) is 10.2 Å². The number of carbonyl (C=O) groups is 2. The van der Waals surface area contributed by atoms with Crippen LogP contribution in [0.5, 0.6) is 5.75 Å². The standard InChI is InChI=1S/C18H19FN2O6S/c1-3-26-18(23)13-4-10-16(11-5-13)28(24,25)21-20-17(22)12(2)27-15-8-6-14(19)7-9-15/h4-12,21H,3H2,1-2H3,(H,20,22)/t12-/m1/s1. The molecule has 8 nitrogen and oxygen atoms in total. The second kappa shape index (κ2) is 9.29. The number of halogens is 1. The largest absolute Gasteiger partial charge is 0.481 e. The fourth-order valence-electron chi connectivity index (χ4n) is 2.03. The molecule has 0 bridgehead atoms. The van der Waals surface area contributed by atoms with Gasteiger partial charge in [0.25, 0.3) is 15.9 Å². The van der Waals surface area contributed by atoms with Crippen LogP contribution in [0.3, 0.4) is 0 Å². The van der Waals surface area contributed by atoms with Crippen LogP contribution in [0.15, 0.2) is 53.4 Å². The summed E-state index contributed by atoms with van der Waals surface area (Å²) in [6, 6.07) is 10.0. The summed E-state index contributed by atoms with van der Waals surface area (Å²) in [7, 11) is -4.06.